The first-order valence-electron chi connectivity index (χ1n) is 11.5. The van der Waals surface area contributed by atoms with E-state index in [-0.39, 0.29) is 17.9 Å². The van der Waals surface area contributed by atoms with Crippen LogP contribution < -0.4 is 5.32 Å². The zero-order valence-electron chi connectivity index (χ0n) is 19.6. The van der Waals surface area contributed by atoms with Gasteiger partial charge >= 0.3 is 0 Å². The zero-order valence-corrected chi connectivity index (χ0v) is 19.6. The van der Waals surface area contributed by atoms with Crippen LogP contribution in [-0.2, 0) is 22.6 Å². The number of nitrogens with one attached hydrogen (secondary N) is 1. The fourth-order valence-corrected chi connectivity index (χ4v) is 3.91. The lowest BCUT2D eigenvalue weighted by Crippen LogP contribution is -2.49. The van der Waals surface area contributed by atoms with Gasteiger partial charge < -0.3 is 10.2 Å². The zero-order chi connectivity index (χ0) is 23.1. The minimum Gasteiger partial charge on any atom is -0.352 e. The Morgan fingerprint density at radius 3 is 2.31 bits per heavy atom. The van der Waals surface area contributed by atoms with E-state index >= 15 is 0 Å². The lowest BCUT2D eigenvalue weighted by Gasteiger charge is -2.30. The van der Waals surface area contributed by atoms with Crippen LogP contribution in [0.1, 0.15) is 50.3 Å². The Hall–Kier alpha value is -3.14. The molecule has 0 aliphatic heterocycles. The van der Waals surface area contributed by atoms with Crippen molar-refractivity contribution in [2.75, 3.05) is 0 Å². The van der Waals surface area contributed by atoms with Gasteiger partial charge in [0, 0.05) is 19.0 Å². The Morgan fingerprint density at radius 2 is 1.56 bits per heavy atom. The highest BCUT2D eigenvalue weighted by Crippen LogP contribution is 2.21. The molecule has 2 atom stereocenters. The van der Waals surface area contributed by atoms with E-state index in [2.05, 4.69) is 29.6 Å². The number of carbonyl (C=O) groups excluding carboxylic acids is 2. The molecule has 0 aromatic heterocycles. The molecule has 0 fully saturated rings. The van der Waals surface area contributed by atoms with Crippen molar-refractivity contribution in [3.8, 4) is 0 Å². The normalized spacial score (nSPS) is 12.9. The summed E-state index contributed by atoms with van der Waals surface area (Å²) in [4.78, 5) is 28.0. The first kappa shape index (κ1) is 23.5. The monoisotopic (exact) mass is 430 g/mol. The highest BCUT2D eigenvalue weighted by Gasteiger charge is 2.27. The van der Waals surface area contributed by atoms with Crippen LogP contribution in [0.2, 0.25) is 0 Å². The molecule has 168 valence electrons. The Morgan fingerprint density at radius 1 is 0.906 bits per heavy atom. The fourth-order valence-electron chi connectivity index (χ4n) is 3.91. The van der Waals surface area contributed by atoms with Gasteiger partial charge in [0.25, 0.3) is 0 Å². The average molecular weight is 431 g/mol. The minimum absolute atomic E-state index is 0.00649. The molecule has 0 bridgehead atoms. The summed E-state index contributed by atoms with van der Waals surface area (Å²) in [7, 11) is 0. The van der Waals surface area contributed by atoms with Crippen LogP contribution in [0.3, 0.4) is 0 Å². The van der Waals surface area contributed by atoms with Gasteiger partial charge in [-0.2, -0.15) is 0 Å². The van der Waals surface area contributed by atoms with E-state index in [4.69, 9.17) is 0 Å². The number of rotatable bonds is 9. The third kappa shape index (κ3) is 5.76. The molecule has 0 heterocycles. The van der Waals surface area contributed by atoms with E-state index in [0.29, 0.717) is 19.4 Å². The number of carbonyl (C=O) groups is 2. The average Bonchev–Trinajstić information content (AvgIpc) is 2.81. The molecule has 3 rings (SSSR count). The summed E-state index contributed by atoms with van der Waals surface area (Å²) >= 11 is 0. The van der Waals surface area contributed by atoms with Crippen molar-refractivity contribution in [1.82, 2.24) is 10.2 Å². The van der Waals surface area contributed by atoms with Crippen molar-refractivity contribution in [2.24, 2.45) is 0 Å². The van der Waals surface area contributed by atoms with E-state index in [1.807, 2.05) is 70.2 Å². The molecule has 0 unspecified atom stereocenters. The molecule has 0 saturated heterocycles. The number of amides is 2. The lowest BCUT2D eigenvalue weighted by molar-refractivity contribution is -0.140. The number of nitrogens with zero attached hydrogens (tertiary/aromatic N) is 1. The first-order chi connectivity index (χ1) is 15.4. The number of hydrogen-bond acceptors (Lipinski definition) is 2. The SMILES string of the molecule is CC[C@H](C)NC(=O)[C@H](C)N(Cc1ccccc1C)C(=O)CCc1cccc2ccccc12. The van der Waals surface area contributed by atoms with Crippen LogP contribution in [0.15, 0.2) is 66.7 Å². The van der Waals surface area contributed by atoms with Gasteiger partial charge in [-0.15, -0.1) is 0 Å². The molecule has 0 aliphatic rings. The van der Waals surface area contributed by atoms with Crippen LogP contribution >= 0.6 is 0 Å². The summed E-state index contributed by atoms with van der Waals surface area (Å²) < 4.78 is 0. The predicted octanol–water partition coefficient (Wildman–Crippen LogP) is 5.41. The standard InChI is InChI=1S/C28H34N2O2/c1-5-21(3)29-28(32)22(4)30(19-25-13-7-6-11-20(25)2)27(31)18-17-24-15-10-14-23-12-8-9-16-26(23)24/h6-16,21-22H,5,17-19H2,1-4H3,(H,29,32)/t21-,22-/m0/s1. The summed E-state index contributed by atoms with van der Waals surface area (Å²) in [5, 5.41) is 5.38. The molecule has 4 nitrogen and oxygen atoms in total. The van der Waals surface area contributed by atoms with E-state index in [9.17, 15) is 9.59 Å². The Balaban J connectivity index is 1.80. The Labute approximate surface area is 191 Å². The number of benzene rings is 3. The van der Waals surface area contributed by atoms with E-state index in [1.54, 1.807) is 4.90 Å². The maximum atomic E-state index is 13.4. The van der Waals surface area contributed by atoms with Crippen LogP contribution in [0.4, 0.5) is 0 Å². The molecule has 3 aromatic rings. The molecule has 0 radical (unpaired) electrons. The van der Waals surface area contributed by atoms with E-state index in [1.165, 1.54) is 10.8 Å². The maximum Gasteiger partial charge on any atom is 0.242 e. The van der Waals surface area contributed by atoms with E-state index in [0.717, 1.165) is 23.1 Å². The second kappa shape index (κ2) is 10.9. The van der Waals surface area contributed by atoms with Crippen molar-refractivity contribution in [3.05, 3.63) is 83.4 Å². The minimum atomic E-state index is -0.538. The van der Waals surface area contributed by atoms with Crippen LogP contribution in [0.5, 0.6) is 0 Å². The maximum absolute atomic E-state index is 13.4. The van der Waals surface area contributed by atoms with Crippen molar-refractivity contribution in [1.29, 1.82) is 0 Å². The van der Waals surface area contributed by atoms with Gasteiger partial charge in [-0.05, 0) is 61.1 Å². The largest absolute Gasteiger partial charge is 0.352 e. The summed E-state index contributed by atoms with van der Waals surface area (Å²) in [6, 6.07) is 22.0. The number of hydrogen-bond donors (Lipinski definition) is 1. The van der Waals surface area contributed by atoms with Gasteiger partial charge in [0.05, 0.1) is 0 Å². The summed E-state index contributed by atoms with van der Waals surface area (Å²) in [6.45, 7) is 8.31. The second-order valence-corrected chi connectivity index (χ2v) is 8.58. The second-order valence-electron chi connectivity index (χ2n) is 8.58. The molecular weight excluding hydrogens is 396 g/mol. The van der Waals surface area contributed by atoms with Crippen molar-refractivity contribution < 1.29 is 9.59 Å². The topological polar surface area (TPSA) is 49.4 Å². The lowest BCUT2D eigenvalue weighted by atomic mass is 10.00. The van der Waals surface area contributed by atoms with Gasteiger partial charge in [-0.3, -0.25) is 9.59 Å². The molecule has 1 N–H and O–H groups in total. The third-order valence-electron chi connectivity index (χ3n) is 6.26. The van der Waals surface area contributed by atoms with E-state index < -0.39 is 6.04 Å². The molecule has 32 heavy (non-hydrogen) atoms. The quantitative estimate of drug-likeness (QED) is 0.493. The summed E-state index contributed by atoms with van der Waals surface area (Å²) in [5.74, 6) is -0.112. The molecule has 4 heteroatoms. The smallest absolute Gasteiger partial charge is 0.242 e. The fraction of sp³-hybridized carbons (Fsp3) is 0.357. The Kier molecular flexibility index (Phi) is 8.04. The van der Waals surface area contributed by atoms with Crippen LogP contribution in [0, 0.1) is 6.92 Å². The number of aryl methyl sites for hydroxylation is 2. The number of fused-ring (bicyclic) bond motifs is 1. The molecule has 0 aliphatic carbocycles. The van der Waals surface area contributed by atoms with Crippen molar-refractivity contribution in [3.63, 3.8) is 0 Å². The molecule has 0 saturated carbocycles. The molecule has 2 amide bonds. The molecule has 0 spiro atoms. The van der Waals surface area contributed by atoms with Crippen molar-refractivity contribution in [2.45, 2.75) is 65.6 Å². The van der Waals surface area contributed by atoms with Crippen LogP contribution in [-0.4, -0.2) is 28.8 Å². The van der Waals surface area contributed by atoms with Crippen LogP contribution in [0.25, 0.3) is 10.8 Å². The highest BCUT2D eigenvalue weighted by atomic mass is 16.2. The van der Waals surface area contributed by atoms with Gasteiger partial charge in [0.2, 0.25) is 11.8 Å². The molecule has 3 aromatic carbocycles. The summed E-state index contributed by atoms with van der Waals surface area (Å²) in [6.07, 6.45) is 1.86. The van der Waals surface area contributed by atoms with Crippen molar-refractivity contribution >= 4 is 22.6 Å². The van der Waals surface area contributed by atoms with Gasteiger partial charge in [-0.1, -0.05) is 73.7 Å². The van der Waals surface area contributed by atoms with Gasteiger partial charge in [0.15, 0.2) is 0 Å². The first-order valence-corrected chi connectivity index (χ1v) is 11.5. The Bertz CT molecular complexity index is 1070. The highest BCUT2D eigenvalue weighted by molar-refractivity contribution is 5.89. The van der Waals surface area contributed by atoms with Gasteiger partial charge in [0.1, 0.15) is 6.04 Å². The third-order valence-corrected chi connectivity index (χ3v) is 6.26. The van der Waals surface area contributed by atoms with Gasteiger partial charge in [-0.25, -0.2) is 0 Å². The summed E-state index contributed by atoms with van der Waals surface area (Å²) in [5.41, 5.74) is 3.34. The molecular formula is C28H34N2O2. The predicted molar refractivity (Wildman–Crippen MR) is 131 cm³/mol.